The van der Waals surface area contributed by atoms with Gasteiger partial charge in [0, 0.05) is 95.4 Å². The fourth-order valence-corrected chi connectivity index (χ4v) is 11.9. The van der Waals surface area contributed by atoms with Crippen molar-refractivity contribution >= 4 is 0 Å². The molecule has 0 bridgehead atoms. The van der Waals surface area contributed by atoms with E-state index in [9.17, 15) is 0 Å². The lowest BCUT2D eigenvalue weighted by Gasteiger charge is -2.11. The van der Waals surface area contributed by atoms with Crippen molar-refractivity contribution in [3.8, 4) is 56.3 Å². The van der Waals surface area contributed by atoms with Crippen LogP contribution in [0.2, 0.25) is 0 Å². The Bertz CT molecular complexity index is 4750. The van der Waals surface area contributed by atoms with Crippen molar-refractivity contribution < 1.29 is 43.4 Å². The minimum atomic E-state index is -2.59. The third-order valence-corrected chi connectivity index (χ3v) is 18.1. The van der Waals surface area contributed by atoms with Crippen LogP contribution in [-0.4, -0.2) is 0 Å². The van der Waals surface area contributed by atoms with E-state index < -0.39 is 34.3 Å². The second-order valence-corrected chi connectivity index (χ2v) is 25.5. The van der Waals surface area contributed by atoms with Crippen LogP contribution in [-0.2, 0) is 35.2 Å². The molecule has 0 amide bonds. The summed E-state index contributed by atoms with van der Waals surface area (Å²) in [4.78, 5) is 0. The summed E-state index contributed by atoms with van der Waals surface area (Å²) in [5.41, 5.74) is 35.0. The second-order valence-electron chi connectivity index (χ2n) is 25.5. The lowest BCUT2D eigenvalue weighted by atomic mass is 9.95. The number of nitrogens with zero attached hydrogens (tertiary/aromatic N) is 5. The van der Waals surface area contributed by atoms with E-state index in [1.165, 1.54) is 129 Å². The Morgan fingerprint density at radius 2 is 0.522 bits per heavy atom. The highest BCUT2D eigenvalue weighted by atomic mass is 14.9. The molecule has 10 aromatic rings. The van der Waals surface area contributed by atoms with Crippen molar-refractivity contribution in [3.05, 3.63) is 261 Å². The Balaban J connectivity index is 0.000000208. The largest absolute Gasteiger partial charge is 0.213 e. The monoisotopic (exact) mass is 1220 g/mol. The summed E-state index contributed by atoms with van der Waals surface area (Å²) >= 11 is 0. The lowest BCUT2D eigenvalue weighted by molar-refractivity contribution is -0.660. The molecule has 5 heteroatoms. The Hall–Kier alpha value is -8.15. The van der Waals surface area contributed by atoms with Crippen LogP contribution in [0.15, 0.2) is 122 Å². The second kappa shape index (κ2) is 29.7. The minimum Gasteiger partial charge on any atom is -0.201 e. The van der Waals surface area contributed by atoms with E-state index in [4.69, 9.17) is 20.6 Å². The molecule has 5 aromatic heterocycles. The Kier molecular flexibility index (Phi) is 17.0. The van der Waals surface area contributed by atoms with Crippen molar-refractivity contribution in [3.63, 3.8) is 0 Å². The molecular weight excluding hydrogens is 1090 g/mol. The summed E-state index contributed by atoms with van der Waals surface area (Å²) in [5, 5.41) is 0. The normalized spacial score (nSPS) is 13.9. The van der Waals surface area contributed by atoms with Crippen molar-refractivity contribution in [2.75, 3.05) is 0 Å². The molecule has 0 saturated carbocycles. The van der Waals surface area contributed by atoms with E-state index in [0.717, 1.165) is 22.4 Å². The standard InChI is InChI=1S/5C17H22N/c1-11-7-14(4)16(8-12(11)2)17-9-13(3)15(5)10-18(17)6;2*1-11-7-13(3)17(14(4)8-11)16-9-12(2)15(5)10-18(16)6;2*1-11-7-8-16(15(5)14(11)4)17-9-12(2)13(3)10-18(17)6/h5*7-10H,1-6H3/q5*+1/i;1D3,5D3;;1D3,3D3,4D3;. The van der Waals surface area contributed by atoms with Gasteiger partial charge in [-0.2, -0.15) is 0 Å². The molecule has 470 valence electrons. The van der Waals surface area contributed by atoms with Gasteiger partial charge in [-0.15, -0.1) is 0 Å². The number of hydrogen-bond acceptors (Lipinski definition) is 0. The van der Waals surface area contributed by atoms with E-state index in [-0.39, 0.29) is 16.7 Å². The van der Waals surface area contributed by atoms with Crippen LogP contribution in [0, 0.1) is 173 Å². The molecule has 5 aromatic carbocycles. The van der Waals surface area contributed by atoms with Gasteiger partial charge in [0.05, 0.1) is 11.1 Å². The highest BCUT2D eigenvalue weighted by Gasteiger charge is 2.21. The van der Waals surface area contributed by atoms with Crippen molar-refractivity contribution in [2.24, 2.45) is 35.2 Å². The first kappa shape index (κ1) is 51.6. The van der Waals surface area contributed by atoms with Crippen molar-refractivity contribution in [2.45, 2.75) is 173 Å². The fraction of sp³-hybridized carbons (Fsp3) is 0.353. The highest BCUT2D eigenvalue weighted by Crippen LogP contribution is 2.31. The molecule has 10 rings (SSSR count). The van der Waals surface area contributed by atoms with Gasteiger partial charge in [-0.1, -0.05) is 53.6 Å². The van der Waals surface area contributed by atoms with Crippen LogP contribution in [0.5, 0.6) is 0 Å². The van der Waals surface area contributed by atoms with Gasteiger partial charge in [0.25, 0.3) is 0 Å². The van der Waals surface area contributed by atoms with E-state index in [0.29, 0.717) is 39.1 Å². The predicted octanol–water partition coefficient (Wildman–Crippen LogP) is 18.6. The maximum absolute atomic E-state index is 7.81. The number of pyridine rings is 5. The van der Waals surface area contributed by atoms with Crippen LogP contribution in [0.25, 0.3) is 56.3 Å². The SMILES string of the molecule is Cc1cc(-c2ccc(C)c(C)c2C)[n+](C)cc1C.Cc1cc(C)c(-c2cc(C)c(C)c[n+]2C)c(C)c1.Cc1cc(C)c(-c2cc(C)c(C)c[n+]2C)cc1C.[2H]C([2H])([2H])c1c[n+](C)c(-c2ccc(C([2H])([2H])[2H])c(C([2H])([2H])[2H])c2C)cc1C.[2H]C([2H])([2H])c1cc(C)c(-c2cc(C)c(C([2H])([2H])[2H])c[n+]2C)c(C)c1. The number of hydrogen-bond donors (Lipinski definition) is 0. The summed E-state index contributed by atoms with van der Waals surface area (Å²) in [6.45, 7) is 29.8. The van der Waals surface area contributed by atoms with E-state index in [2.05, 4.69) is 212 Å². The first-order valence-electron chi connectivity index (χ1n) is 38.5. The van der Waals surface area contributed by atoms with Crippen LogP contribution in [0.3, 0.4) is 0 Å². The summed E-state index contributed by atoms with van der Waals surface area (Å²) in [7, 11) is 9.85. The average Bonchev–Trinajstić information content (AvgIpc) is 0.780. The maximum Gasteiger partial charge on any atom is 0.213 e. The van der Waals surface area contributed by atoms with Gasteiger partial charge < -0.3 is 0 Å². The average molecular weight is 1220 g/mol. The molecule has 0 radical (unpaired) electrons. The molecule has 0 unspecified atom stereocenters. The van der Waals surface area contributed by atoms with Crippen molar-refractivity contribution in [1.82, 2.24) is 0 Å². The van der Waals surface area contributed by atoms with E-state index in [1.54, 1.807) is 74.5 Å². The summed E-state index contributed by atoms with van der Waals surface area (Å²) < 4.78 is 125. The Labute approximate surface area is 566 Å². The predicted molar refractivity (Wildman–Crippen MR) is 384 cm³/mol. The first-order valence-corrected chi connectivity index (χ1v) is 31.0. The van der Waals surface area contributed by atoms with Gasteiger partial charge >= 0.3 is 0 Å². The van der Waals surface area contributed by atoms with E-state index >= 15 is 0 Å². The minimum absolute atomic E-state index is 0.183. The molecule has 0 aliphatic carbocycles. The van der Waals surface area contributed by atoms with Crippen LogP contribution < -0.4 is 22.8 Å². The quantitative estimate of drug-likeness (QED) is 0.153. The van der Waals surface area contributed by atoms with E-state index in [1.807, 2.05) is 19.9 Å². The summed E-state index contributed by atoms with van der Waals surface area (Å²) in [6, 6.07) is 30.2. The topological polar surface area (TPSA) is 19.4 Å². The third kappa shape index (κ3) is 16.4. The van der Waals surface area contributed by atoms with Gasteiger partial charge in [-0.25, -0.2) is 22.8 Å². The molecular formula is C85H110N5+5. The first-order chi connectivity index (χ1) is 48.1. The van der Waals surface area contributed by atoms with Gasteiger partial charge in [-0.3, -0.25) is 0 Å². The lowest BCUT2D eigenvalue weighted by Crippen LogP contribution is -2.31. The van der Waals surface area contributed by atoms with Crippen molar-refractivity contribution in [1.29, 1.82) is 0 Å². The summed E-state index contributed by atoms with van der Waals surface area (Å²) in [6.07, 6.45) is 9.76. The number of aryl methyl sites for hydroxylation is 26. The summed E-state index contributed by atoms with van der Waals surface area (Å²) in [5.74, 6) is 0. The molecule has 0 saturated heterocycles. The maximum atomic E-state index is 7.81. The fourth-order valence-electron chi connectivity index (χ4n) is 11.9. The van der Waals surface area contributed by atoms with Crippen LogP contribution >= 0.6 is 0 Å². The molecule has 5 nitrogen and oxygen atoms in total. The zero-order valence-electron chi connectivity index (χ0n) is 73.8. The number of rotatable bonds is 5. The molecule has 0 aliphatic rings. The Morgan fingerprint density at radius 1 is 0.211 bits per heavy atom. The molecule has 0 N–H and O–H groups in total. The zero-order valence-corrected chi connectivity index (χ0v) is 58.8. The highest BCUT2D eigenvalue weighted by molar-refractivity contribution is 5.69. The Morgan fingerprint density at radius 3 is 0.911 bits per heavy atom. The van der Waals surface area contributed by atoms with Crippen LogP contribution in [0.1, 0.15) is 160 Å². The van der Waals surface area contributed by atoms with Gasteiger partial charge in [0.2, 0.25) is 28.5 Å². The number of benzene rings is 5. The number of aromatic nitrogens is 5. The molecule has 5 heterocycles. The van der Waals surface area contributed by atoms with Crippen LogP contribution in [0.4, 0.5) is 0 Å². The molecule has 0 fully saturated rings. The molecule has 0 aliphatic heterocycles. The van der Waals surface area contributed by atoms with Gasteiger partial charge in [0.15, 0.2) is 31.0 Å². The zero-order chi connectivity index (χ0) is 79.7. The smallest absolute Gasteiger partial charge is 0.201 e. The van der Waals surface area contributed by atoms with Gasteiger partial charge in [0.1, 0.15) is 35.2 Å². The molecule has 0 spiro atoms. The van der Waals surface area contributed by atoms with Gasteiger partial charge in [-0.05, 0) is 291 Å². The molecule has 0 atom stereocenters. The molecule has 90 heavy (non-hydrogen) atoms. The third-order valence-electron chi connectivity index (χ3n) is 18.1.